The molecule has 1 saturated heterocycles. The van der Waals surface area contributed by atoms with Crippen molar-refractivity contribution in [2.45, 2.75) is 25.8 Å². The van der Waals surface area contributed by atoms with Crippen molar-refractivity contribution in [1.29, 1.82) is 0 Å². The van der Waals surface area contributed by atoms with Gasteiger partial charge in [-0.25, -0.2) is 0 Å². The van der Waals surface area contributed by atoms with Gasteiger partial charge in [-0.05, 0) is 68.2 Å². The van der Waals surface area contributed by atoms with Crippen molar-refractivity contribution in [1.82, 2.24) is 9.47 Å². The van der Waals surface area contributed by atoms with Crippen LogP contribution in [0.15, 0.2) is 66.9 Å². The largest absolute Gasteiger partial charge is 0.397 e. The van der Waals surface area contributed by atoms with Crippen molar-refractivity contribution in [3.05, 3.63) is 83.7 Å². The van der Waals surface area contributed by atoms with E-state index in [-0.39, 0.29) is 6.04 Å². The predicted molar refractivity (Wildman–Crippen MR) is 104 cm³/mol. The standard InChI is InChI=1S/C22H25N3/c1-17-9-2-3-10-18(17)22(24-14-6-7-15-24)21-13-8-16-25(21)20-12-5-4-11-19(20)23/h2-5,8-13,16,22H,6-7,14-15,23H2,1H3. The van der Waals surface area contributed by atoms with Crippen molar-refractivity contribution in [2.24, 2.45) is 0 Å². The molecular formula is C22H25N3. The monoisotopic (exact) mass is 331 g/mol. The van der Waals surface area contributed by atoms with E-state index in [2.05, 4.69) is 65.1 Å². The summed E-state index contributed by atoms with van der Waals surface area (Å²) < 4.78 is 2.25. The van der Waals surface area contributed by atoms with E-state index in [9.17, 15) is 0 Å². The highest BCUT2D eigenvalue weighted by Gasteiger charge is 2.28. The Hall–Kier alpha value is -2.52. The van der Waals surface area contributed by atoms with Gasteiger partial charge in [0.05, 0.1) is 17.4 Å². The van der Waals surface area contributed by atoms with Crippen LogP contribution in [0.4, 0.5) is 5.69 Å². The van der Waals surface area contributed by atoms with Crippen LogP contribution in [-0.4, -0.2) is 22.6 Å². The smallest absolute Gasteiger partial charge is 0.0762 e. The molecule has 128 valence electrons. The Balaban J connectivity index is 1.86. The SMILES string of the molecule is Cc1ccccc1C(c1cccn1-c1ccccc1N)N1CCCC1. The van der Waals surface area contributed by atoms with E-state index in [0.717, 1.165) is 24.5 Å². The molecule has 0 aliphatic carbocycles. The zero-order chi connectivity index (χ0) is 17.2. The van der Waals surface area contributed by atoms with Crippen LogP contribution in [0.3, 0.4) is 0 Å². The van der Waals surface area contributed by atoms with Crippen LogP contribution in [0, 0.1) is 6.92 Å². The highest BCUT2D eigenvalue weighted by atomic mass is 15.2. The molecule has 1 unspecified atom stereocenters. The molecule has 2 N–H and O–H groups in total. The molecule has 0 amide bonds. The first-order valence-electron chi connectivity index (χ1n) is 9.07. The molecule has 25 heavy (non-hydrogen) atoms. The fourth-order valence-electron chi connectivity index (χ4n) is 3.98. The van der Waals surface area contributed by atoms with Gasteiger partial charge in [0.25, 0.3) is 0 Å². The van der Waals surface area contributed by atoms with Gasteiger partial charge in [0, 0.05) is 11.9 Å². The molecule has 0 spiro atoms. The maximum absolute atomic E-state index is 6.27. The molecule has 0 bridgehead atoms. The van der Waals surface area contributed by atoms with E-state index in [1.807, 2.05) is 18.2 Å². The van der Waals surface area contributed by atoms with E-state index in [1.165, 1.54) is 29.7 Å². The number of benzene rings is 2. The third-order valence-electron chi connectivity index (χ3n) is 5.25. The number of nitrogens with zero attached hydrogens (tertiary/aromatic N) is 2. The first-order valence-corrected chi connectivity index (χ1v) is 9.07. The van der Waals surface area contributed by atoms with Gasteiger partial charge in [-0.2, -0.15) is 0 Å². The fourth-order valence-corrected chi connectivity index (χ4v) is 3.98. The molecule has 1 atom stereocenters. The number of nitrogens with two attached hydrogens (primary N) is 1. The van der Waals surface area contributed by atoms with Crippen LogP contribution >= 0.6 is 0 Å². The summed E-state index contributed by atoms with van der Waals surface area (Å²) in [5.41, 5.74) is 12.1. The first-order chi connectivity index (χ1) is 12.3. The second-order valence-corrected chi connectivity index (χ2v) is 6.86. The van der Waals surface area contributed by atoms with Crippen molar-refractivity contribution >= 4 is 5.69 Å². The topological polar surface area (TPSA) is 34.2 Å². The van der Waals surface area contributed by atoms with Crippen molar-refractivity contribution in [3.8, 4) is 5.69 Å². The number of aromatic nitrogens is 1. The van der Waals surface area contributed by atoms with Gasteiger partial charge in [-0.15, -0.1) is 0 Å². The van der Waals surface area contributed by atoms with Gasteiger partial charge in [-0.1, -0.05) is 36.4 Å². The van der Waals surface area contributed by atoms with Crippen LogP contribution in [0.2, 0.25) is 0 Å². The minimum atomic E-state index is 0.262. The second kappa shape index (κ2) is 6.77. The van der Waals surface area contributed by atoms with E-state index >= 15 is 0 Å². The maximum atomic E-state index is 6.27. The minimum Gasteiger partial charge on any atom is -0.397 e. The molecule has 0 saturated carbocycles. The van der Waals surface area contributed by atoms with Crippen molar-refractivity contribution in [2.75, 3.05) is 18.8 Å². The van der Waals surface area contributed by atoms with E-state index in [0.29, 0.717) is 0 Å². The third kappa shape index (κ3) is 2.96. The number of hydrogen-bond acceptors (Lipinski definition) is 2. The Morgan fingerprint density at radius 2 is 1.60 bits per heavy atom. The lowest BCUT2D eigenvalue weighted by atomic mass is 9.97. The quantitative estimate of drug-likeness (QED) is 0.712. The Morgan fingerprint density at radius 1 is 0.880 bits per heavy atom. The van der Waals surface area contributed by atoms with E-state index < -0.39 is 0 Å². The molecular weight excluding hydrogens is 306 g/mol. The highest BCUT2D eigenvalue weighted by molar-refractivity contribution is 5.58. The summed E-state index contributed by atoms with van der Waals surface area (Å²) in [4.78, 5) is 2.60. The molecule has 1 fully saturated rings. The minimum absolute atomic E-state index is 0.262. The molecule has 1 aromatic heterocycles. The van der Waals surface area contributed by atoms with Gasteiger partial charge in [-0.3, -0.25) is 4.90 Å². The summed E-state index contributed by atoms with van der Waals surface area (Å²) >= 11 is 0. The van der Waals surface area contributed by atoms with Gasteiger partial charge in [0.15, 0.2) is 0 Å². The molecule has 2 heterocycles. The normalized spacial score (nSPS) is 16.2. The fraction of sp³-hybridized carbons (Fsp3) is 0.273. The predicted octanol–water partition coefficient (Wildman–Crippen LogP) is 4.55. The lowest BCUT2D eigenvalue weighted by Crippen LogP contribution is -2.28. The Kier molecular flexibility index (Phi) is 4.33. The van der Waals surface area contributed by atoms with Crippen molar-refractivity contribution < 1.29 is 0 Å². The first kappa shape index (κ1) is 16.0. The lowest BCUT2D eigenvalue weighted by molar-refractivity contribution is 0.274. The Morgan fingerprint density at radius 3 is 2.36 bits per heavy atom. The number of aryl methyl sites for hydroxylation is 1. The van der Waals surface area contributed by atoms with Crippen LogP contribution in [0.5, 0.6) is 0 Å². The van der Waals surface area contributed by atoms with E-state index in [1.54, 1.807) is 0 Å². The maximum Gasteiger partial charge on any atom is 0.0762 e. The molecule has 3 aromatic rings. The number of anilines is 1. The summed E-state index contributed by atoms with van der Waals surface area (Å²) in [7, 11) is 0. The molecule has 2 aromatic carbocycles. The average molecular weight is 331 g/mol. The third-order valence-corrected chi connectivity index (χ3v) is 5.25. The van der Waals surface area contributed by atoms with Gasteiger partial charge >= 0.3 is 0 Å². The zero-order valence-corrected chi connectivity index (χ0v) is 14.7. The van der Waals surface area contributed by atoms with E-state index in [4.69, 9.17) is 5.73 Å². The molecule has 3 nitrogen and oxygen atoms in total. The second-order valence-electron chi connectivity index (χ2n) is 6.86. The van der Waals surface area contributed by atoms with Crippen molar-refractivity contribution in [3.63, 3.8) is 0 Å². The van der Waals surface area contributed by atoms with Crippen LogP contribution in [0.25, 0.3) is 5.69 Å². The lowest BCUT2D eigenvalue weighted by Gasteiger charge is -2.30. The molecule has 4 rings (SSSR count). The summed E-state index contributed by atoms with van der Waals surface area (Å²) in [5.74, 6) is 0. The van der Waals surface area contributed by atoms with Crippen LogP contribution in [-0.2, 0) is 0 Å². The summed E-state index contributed by atoms with van der Waals surface area (Å²) in [6.45, 7) is 4.51. The summed E-state index contributed by atoms with van der Waals surface area (Å²) in [6.07, 6.45) is 4.68. The van der Waals surface area contributed by atoms with Gasteiger partial charge in [0.1, 0.15) is 0 Å². The number of likely N-dealkylation sites (tertiary alicyclic amines) is 1. The summed E-state index contributed by atoms with van der Waals surface area (Å²) in [5, 5.41) is 0. The Labute approximate surface area is 149 Å². The number of nitrogen functional groups attached to an aromatic ring is 1. The van der Waals surface area contributed by atoms with Crippen LogP contribution in [0.1, 0.15) is 35.7 Å². The Bertz CT molecular complexity index is 859. The highest BCUT2D eigenvalue weighted by Crippen LogP contribution is 2.35. The average Bonchev–Trinajstić information content (AvgIpc) is 3.30. The molecule has 0 radical (unpaired) electrons. The number of para-hydroxylation sites is 2. The zero-order valence-electron chi connectivity index (χ0n) is 14.7. The molecule has 3 heteroatoms. The summed E-state index contributed by atoms with van der Waals surface area (Å²) in [6, 6.07) is 21.5. The van der Waals surface area contributed by atoms with Gasteiger partial charge in [0.2, 0.25) is 0 Å². The number of rotatable bonds is 4. The van der Waals surface area contributed by atoms with Crippen LogP contribution < -0.4 is 5.73 Å². The molecule has 1 aliphatic heterocycles. The number of hydrogen-bond donors (Lipinski definition) is 1. The molecule has 1 aliphatic rings. The van der Waals surface area contributed by atoms with Gasteiger partial charge < -0.3 is 10.3 Å².